The minimum Gasteiger partial charge on any atom is -0.302 e. The van der Waals surface area contributed by atoms with Crippen LogP contribution < -0.4 is 5.32 Å². The third kappa shape index (κ3) is 5.28. The third-order valence-corrected chi connectivity index (χ3v) is 3.91. The lowest BCUT2D eigenvalue weighted by Crippen LogP contribution is -2.44. The maximum atomic E-state index is 3.69. The SMILES string of the molecule is CCCNC(CC)N(Cc1ccccc1)Cc1ccccc1. The molecule has 0 spiro atoms. The molecule has 0 saturated carbocycles. The van der Waals surface area contributed by atoms with Crippen LogP contribution in [0.2, 0.25) is 0 Å². The average molecular weight is 296 g/mol. The Balaban J connectivity index is 2.11. The second kappa shape index (κ2) is 9.39. The summed E-state index contributed by atoms with van der Waals surface area (Å²) in [5, 5.41) is 3.69. The van der Waals surface area contributed by atoms with Gasteiger partial charge >= 0.3 is 0 Å². The molecule has 1 N–H and O–H groups in total. The fourth-order valence-electron chi connectivity index (χ4n) is 2.75. The molecule has 0 aliphatic heterocycles. The van der Waals surface area contributed by atoms with E-state index in [-0.39, 0.29) is 0 Å². The first-order valence-corrected chi connectivity index (χ1v) is 8.38. The lowest BCUT2D eigenvalue weighted by atomic mass is 10.1. The molecule has 2 nitrogen and oxygen atoms in total. The lowest BCUT2D eigenvalue weighted by Gasteiger charge is -2.32. The first-order valence-electron chi connectivity index (χ1n) is 8.38. The standard InChI is InChI=1S/C20H28N2/c1-3-15-21-20(4-2)22(16-18-11-7-5-8-12-18)17-19-13-9-6-10-14-19/h5-14,20-21H,3-4,15-17H2,1-2H3. The molecule has 0 saturated heterocycles. The van der Waals surface area contributed by atoms with E-state index in [4.69, 9.17) is 0 Å². The van der Waals surface area contributed by atoms with E-state index in [1.54, 1.807) is 0 Å². The molecule has 0 amide bonds. The van der Waals surface area contributed by atoms with Crippen molar-refractivity contribution in [1.82, 2.24) is 10.2 Å². The first kappa shape index (κ1) is 16.7. The van der Waals surface area contributed by atoms with E-state index >= 15 is 0 Å². The van der Waals surface area contributed by atoms with Crippen molar-refractivity contribution in [1.29, 1.82) is 0 Å². The van der Waals surface area contributed by atoms with Crippen LogP contribution in [0.15, 0.2) is 60.7 Å². The van der Waals surface area contributed by atoms with Gasteiger partial charge in [-0.25, -0.2) is 0 Å². The van der Waals surface area contributed by atoms with Gasteiger partial charge in [-0.1, -0.05) is 74.5 Å². The molecule has 0 fully saturated rings. The Morgan fingerprint density at radius 3 is 1.73 bits per heavy atom. The van der Waals surface area contributed by atoms with Crippen molar-refractivity contribution in [3.05, 3.63) is 71.8 Å². The van der Waals surface area contributed by atoms with Gasteiger partial charge < -0.3 is 5.32 Å². The molecule has 1 atom stereocenters. The van der Waals surface area contributed by atoms with Gasteiger partial charge in [-0.05, 0) is 30.5 Å². The Bertz CT molecular complexity index is 468. The summed E-state index contributed by atoms with van der Waals surface area (Å²) in [5.74, 6) is 0. The zero-order valence-electron chi connectivity index (χ0n) is 13.8. The second-order valence-corrected chi connectivity index (χ2v) is 5.75. The smallest absolute Gasteiger partial charge is 0.0600 e. The predicted octanol–water partition coefficient (Wildman–Crippen LogP) is 4.42. The van der Waals surface area contributed by atoms with E-state index in [0.29, 0.717) is 6.17 Å². The van der Waals surface area contributed by atoms with Gasteiger partial charge in [0, 0.05) is 13.1 Å². The quantitative estimate of drug-likeness (QED) is 0.689. The van der Waals surface area contributed by atoms with Crippen LogP contribution in [-0.4, -0.2) is 17.6 Å². The predicted molar refractivity (Wildman–Crippen MR) is 94.5 cm³/mol. The van der Waals surface area contributed by atoms with Gasteiger partial charge in [-0.3, -0.25) is 4.90 Å². The van der Waals surface area contributed by atoms with Crippen LogP contribution in [0.3, 0.4) is 0 Å². The summed E-state index contributed by atoms with van der Waals surface area (Å²) >= 11 is 0. The van der Waals surface area contributed by atoms with Crippen molar-refractivity contribution < 1.29 is 0 Å². The minimum atomic E-state index is 0.417. The largest absolute Gasteiger partial charge is 0.302 e. The van der Waals surface area contributed by atoms with Crippen LogP contribution in [-0.2, 0) is 13.1 Å². The zero-order valence-corrected chi connectivity index (χ0v) is 13.8. The molecule has 118 valence electrons. The fourth-order valence-corrected chi connectivity index (χ4v) is 2.75. The molecular weight excluding hydrogens is 268 g/mol. The number of nitrogens with one attached hydrogen (secondary N) is 1. The van der Waals surface area contributed by atoms with E-state index in [9.17, 15) is 0 Å². The van der Waals surface area contributed by atoms with Gasteiger partial charge in [0.05, 0.1) is 6.17 Å². The normalized spacial score (nSPS) is 12.5. The van der Waals surface area contributed by atoms with Crippen molar-refractivity contribution in [3.8, 4) is 0 Å². The molecule has 2 heteroatoms. The van der Waals surface area contributed by atoms with Crippen LogP contribution in [0, 0.1) is 0 Å². The van der Waals surface area contributed by atoms with E-state index in [1.165, 1.54) is 17.5 Å². The molecule has 1 unspecified atom stereocenters. The van der Waals surface area contributed by atoms with Gasteiger partial charge in [0.25, 0.3) is 0 Å². The summed E-state index contributed by atoms with van der Waals surface area (Å²) in [5.41, 5.74) is 2.74. The highest BCUT2D eigenvalue weighted by atomic mass is 15.3. The summed E-state index contributed by atoms with van der Waals surface area (Å²) in [6.07, 6.45) is 2.70. The summed E-state index contributed by atoms with van der Waals surface area (Å²) in [7, 11) is 0. The highest BCUT2D eigenvalue weighted by Gasteiger charge is 2.16. The maximum absolute atomic E-state index is 3.69. The van der Waals surface area contributed by atoms with Gasteiger partial charge in [0.15, 0.2) is 0 Å². The molecule has 2 rings (SSSR count). The van der Waals surface area contributed by atoms with Gasteiger partial charge in [0.1, 0.15) is 0 Å². The van der Waals surface area contributed by atoms with Crippen molar-refractivity contribution in [2.45, 2.75) is 45.9 Å². The lowest BCUT2D eigenvalue weighted by molar-refractivity contribution is 0.143. The monoisotopic (exact) mass is 296 g/mol. The molecule has 0 aromatic heterocycles. The number of nitrogens with zero attached hydrogens (tertiary/aromatic N) is 1. The van der Waals surface area contributed by atoms with E-state index in [0.717, 1.165) is 26.1 Å². The minimum absolute atomic E-state index is 0.417. The zero-order chi connectivity index (χ0) is 15.6. The van der Waals surface area contributed by atoms with Crippen molar-refractivity contribution in [2.75, 3.05) is 6.54 Å². The second-order valence-electron chi connectivity index (χ2n) is 5.75. The number of hydrogen-bond acceptors (Lipinski definition) is 2. The Kier molecular flexibility index (Phi) is 7.14. The molecule has 0 aliphatic carbocycles. The van der Waals surface area contributed by atoms with Gasteiger partial charge in [0.2, 0.25) is 0 Å². The summed E-state index contributed by atoms with van der Waals surface area (Å²) in [4.78, 5) is 2.54. The van der Waals surface area contributed by atoms with Crippen LogP contribution >= 0.6 is 0 Å². The van der Waals surface area contributed by atoms with E-state index < -0.39 is 0 Å². The summed E-state index contributed by atoms with van der Waals surface area (Å²) in [6.45, 7) is 7.50. The molecule has 0 heterocycles. The van der Waals surface area contributed by atoms with E-state index in [2.05, 4.69) is 84.7 Å². The molecular formula is C20H28N2. The highest BCUT2D eigenvalue weighted by molar-refractivity contribution is 5.17. The fraction of sp³-hybridized carbons (Fsp3) is 0.400. The number of benzene rings is 2. The molecule has 2 aromatic rings. The Morgan fingerprint density at radius 1 is 0.818 bits per heavy atom. The van der Waals surface area contributed by atoms with Crippen molar-refractivity contribution >= 4 is 0 Å². The van der Waals surface area contributed by atoms with Gasteiger partial charge in [-0.15, -0.1) is 0 Å². The average Bonchev–Trinajstić information content (AvgIpc) is 2.57. The summed E-state index contributed by atoms with van der Waals surface area (Å²) < 4.78 is 0. The topological polar surface area (TPSA) is 15.3 Å². The molecule has 0 aliphatic rings. The molecule has 22 heavy (non-hydrogen) atoms. The maximum Gasteiger partial charge on any atom is 0.0600 e. The first-order chi connectivity index (χ1) is 10.8. The number of rotatable bonds is 9. The van der Waals surface area contributed by atoms with Crippen molar-refractivity contribution in [3.63, 3.8) is 0 Å². The van der Waals surface area contributed by atoms with Crippen molar-refractivity contribution in [2.24, 2.45) is 0 Å². The van der Waals surface area contributed by atoms with Crippen LogP contribution in [0.5, 0.6) is 0 Å². The highest BCUT2D eigenvalue weighted by Crippen LogP contribution is 2.14. The Hall–Kier alpha value is -1.64. The summed E-state index contributed by atoms with van der Waals surface area (Å²) in [6, 6.07) is 21.5. The molecule has 0 bridgehead atoms. The molecule has 0 radical (unpaired) electrons. The number of hydrogen-bond donors (Lipinski definition) is 1. The van der Waals surface area contributed by atoms with Gasteiger partial charge in [-0.2, -0.15) is 0 Å². The Labute approximate surface area is 135 Å². The van der Waals surface area contributed by atoms with Crippen LogP contribution in [0.25, 0.3) is 0 Å². The molecule has 2 aromatic carbocycles. The Morgan fingerprint density at radius 2 is 1.32 bits per heavy atom. The van der Waals surface area contributed by atoms with E-state index in [1.807, 2.05) is 0 Å². The van der Waals surface area contributed by atoms with Crippen LogP contribution in [0.1, 0.15) is 37.8 Å². The van der Waals surface area contributed by atoms with Crippen LogP contribution in [0.4, 0.5) is 0 Å². The third-order valence-electron chi connectivity index (χ3n) is 3.91.